The van der Waals surface area contributed by atoms with E-state index in [4.69, 9.17) is 4.74 Å². The first-order valence-corrected chi connectivity index (χ1v) is 8.26. The zero-order valence-electron chi connectivity index (χ0n) is 14.5. The molecule has 0 aliphatic heterocycles. The maximum absolute atomic E-state index is 12.0. The highest BCUT2D eigenvalue weighted by Gasteiger charge is 2.21. The quantitative estimate of drug-likeness (QED) is 0.593. The van der Waals surface area contributed by atoms with Crippen molar-refractivity contribution in [2.24, 2.45) is 0 Å². The molecule has 0 atom stereocenters. The van der Waals surface area contributed by atoms with Gasteiger partial charge in [-0.15, -0.1) is 0 Å². The smallest absolute Gasteiger partial charge is 0.355 e. The molecule has 0 saturated heterocycles. The predicted octanol–water partition coefficient (Wildman–Crippen LogP) is 4.07. The molecule has 0 saturated carbocycles. The number of carboxylic acid groups (broad SMARTS) is 1. The molecule has 0 spiro atoms. The van der Waals surface area contributed by atoms with Gasteiger partial charge in [-0.05, 0) is 29.8 Å². The van der Waals surface area contributed by atoms with Crippen molar-refractivity contribution in [1.82, 2.24) is 15.2 Å². The Labute approximate surface area is 155 Å². The molecule has 2 heterocycles. The van der Waals surface area contributed by atoms with Crippen molar-refractivity contribution in [3.05, 3.63) is 72.7 Å². The molecular weight excluding hydrogens is 342 g/mol. The lowest BCUT2D eigenvalue weighted by molar-refractivity contribution is 0.0691. The van der Waals surface area contributed by atoms with Crippen LogP contribution < -0.4 is 4.74 Å². The maximum Gasteiger partial charge on any atom is 0.355 e. The first kappa shape index (κ1) is 16.7. The maximum atomic E-state index is 12.0. The monoisotopic (exact) mass is 357 g/mol. The summed E-state index contributed by atoms with van der Waals surface area (Å²) in [5.41, 5.74) is 2.59. The largest absolute Gasteiger partial charge is 0.497 e. The van der Waals surface area contributed by atoms with Crippen molar-refractivity contribution < 1.29 is 14.6 Å². The lowest BCUT2D eigenvalue weighted by atomic mass is 9.96. The van der Waals surface area contributed by atoms with Gasteiger partial charge in [-0.1, -0.05) is 30.3 Å². The molecule has 4 aromatic rings. The Morgan fingerprint density at radius 1 is 0.889 bits per heavy atom. The topological polar surface area (TPSA) is 85.2 Å². The van der Waals surface area contributed by atoms with E-state index in [-0.39, 0.29) is 5.69 Å². The highest BCUT2D eigenvalue weighted by Crippen LogP contribution is 2.36. The van der Waals surface area contributed by atoms with E-state index >= 15 is 0 Å². The van der Waals surface area contributed by atoms with E-state index in [2.05, 4.69) is 15.2 Å². The highest BCUT2D eigenvalue weighted by atomic mass is 16.5. The Bertz CT molecular complexity index is 1130. The Kier molecular flexibility index (Phi) is 4.22. The number of rotatable bonds is 4. The molecule has 2 aromatic heterocycles. The number of hydrogen-bond donors (Lipinski definition) is 1. The molecule has 0 bridgehead atoms. The van der Waals surface area contributed by atoms with Crippen LogP contribution >= 0.6 is 0 Å². The second-order valence-electron chi connectivity index (χ2n) is 5.90. The zero-order valence-corrected chi connectivity index (χ0v) is 14.5. The predicted molar refractivity (Wildman–Crippen MR) is 102 cm³/mol. The molecule has 6 nitrogen and oxygen atoms in total. The minimum atomic E-state index is -1.10. The van der Waals surface area contributed by atoms with E-state index in [9.17, 15) is 9.90 Å². The molecule has 27 heavy (non-hydrogen) atoms. The zero-order chi connectivity index (χ0) is 18.8. The van der Waals surface area contributed by atoms with Crippen LogP contribution in [-0.2, 0) is 0 Å². The van der Waals surface area contributed by atoms with Crippen molar-refractivity contribution in [2.45, 2.75) is 0 Å². The fraction of sp³-hybridized carbons (Fsp3) is 0.0476. The van der Waals surface area contributed by atoms with Gasteiger partial charge in [-0.2, -0.15) is 10.2 Å². The van der Waals surface area contributed by atoms with Crippen molar-refractivity contribution in [3.8, 4) is 28.1 Å². The summed E-state index contributed by atoms with van der Waals surface area (Å²) in [4.78, 5) is 16.5. The van der Waals surface area contributed by atoms with E-state index in [0.29, 0.717) is 22.4 Å². The van der Waals surface area contributed by atoms with Crippen LogP contribution in [0, 0.1) is 0 Å². The third-order valence-corrected chi connectivity index (χ3v) is 4.34. The molecule has 0 radical (unpaired) electrons. The Morgan fingerprint density at radius 3 is 2.19 bits per heavy atom. The fourth-order valence-electron chi connectivity index (χ4n) is 3.09. The molecule has 0 amide bonds. The molecule has 1 N–H and O–H groups in total. The lowest BCUT2D eigenvalue weighted by Crippen LogP contribution is -2.06. The fourth-order valence-corrected chi connectivity index (χ4v) is 3.09. The number of benzene rings is 2. The number of methoxy groups -OCH3 is 1. The van der Waals surface area contributed by atoms with E-state index in [0.717, 1.165) is 16.5 Å². The summed E-state index contributed by atoms with van der Waals surface area (Å²) < 4.78 is 5.19. The average Bonchev–Trinajstić information content (AvgIpc) is 2.73. The van der Waals surface area contributed by atoms with Gasteiger partial charge in [0.1, 0.15) is 5.75 Å². The summed E-state index contributed by atoms with van der Waals surface area (Å²) in [6, 6.07) is 16.6. The van der Waals surface area contributed by atoms with Crippen molar-refractivity contribution in [2.75, 3.05) is 7.11 Å². The summed E-state index contributed by atoms with van der Waals surface area (Å²) in [5, 5.41) is 19.2. The van der Waals surface area contributed by atoms with Crippen LogP contribution in [0.5, 0.6) is 5.75 Å². The number of ether oxygens (including phenoxy) is 1. The normalized spacial score (nSPS) is 10.7. The van der Waals surface area contributed by atoms with Gasteiger partial charge in [0, 0.05) is 21.9 Å². The number of pyridine rings is 1. The van der Waals surface area contributed by atoms with Gasteiger partial charge in [-0.25, -0.2) is 9.78 Å². The van der Waals surface area contributed by atoms with E-state index in [1.165, 1.54) is 0 Å². The summed E-state index contributed by atoms with van der Waals surface area (Å²) in [6.45, 7) is 0. The second kappa shape index (κ2) is 6.84. The van der Waals surface area contributed by atoms with Gasteiger partial charge in [-0.3, -0.25) is 0 Å². The third-order valence-electron chi connectivity index (χ3n) is 4.34. The molecule has 132 valence electrons. The van der Waals surface area contributed by atoms with Crippen LogP contribution in [0.3, 0.4) is 0 Å². The Balaban J connectivity index is 2.06. The molecule has 0 unspecified atom stereocenters. The minimum absolute atomic E-state index is 0.0208. The average molecular weight is 357 g/mol. The molecular formula is C21H15N3O3. The van der Waals surface area contributed by atoms with Gasteiger partial charge in [0.2, 0.25) is 0 Å². The summed E-state index contributed by atoms with van der Waals surface area (Å²) in [5.74, 6) is -0.385. The molecule has 2 aromatic carbocycles. The van der Waals surface area contributed by atoms with Crippen molar-refractivity contribution in [1.29, 1.82) is 0 Å². The number of aromatic carboxylic acids is 1. The van der Waals surface area contributed by atoms with Crippen molar-refractivity contribution >= 4 is 16.7 Å². The number of nitrogens with zero attached hydrogens (tertiary/aromatic N) is 3. The minimum Gasteiger partial charge on any atom is -0.497 e. The number of aromatic nitrogens is 3. The third kappa shape index (κ3) is 2.97. The molecule has 6 heteroatoms. The van der Waals surface area contributed by atoms with Gasteiger partial charge in [0.05, 0.1) is 25.2 Å². The molecule has 0 aliphatic carbocycles. The number of hydrogen-bond acceptors (Lipinski definition) is 5. The first-order valence-electron chi connectivity index (χ1n) is 8.26. The Morgan fingerprint density at radius 2 is 1.56 bits per heavy atom. The van der Waals surface area contributed by atoms with Crippen LogP contribution in [0.4, 0.5) is 0 Å². The van der Waals surface area contributed by atoms with Crippen molar-refractivity contribution in [3.63, 3.8) is 0 Å². The Hall–Kier alpha value is -3.80. The number of carboxylic acids is 1. The van der Waals surface area contributed by atoms with Gasteiger partial charge in [0.15, 0.2) is 5.69 Å². The van der Waals surface area contributed by atoms with E-state index < -0.39 is 5.97 Å². The second-order valence-corrected chi connectivity index (χ2v) is 5.90. The van der Waals surface area contributed by atoms with Crippen LogP contribution in [0.2, 0.25) is 0 Å². The standard InChI is InChI=1S/C21H15N3O3/c1-27-15-9-7-14(8-10-15)19-17-12-23-22-11-16(17)18(20(24-19)21(25)26)13-5-3-2-4-6-13/h2-12H,1H3,(H,25,26). The van der Waals surface area contributed by atoms with Crippen LogP contribution in [-0.4, -0.2) is 33.4 Å². The highest BCUT2D eigenvalue weighted by molar-refractivity contribution is 6.09. The summed E-state index contributed by atoms with van der Waals surface area (Å²) in [6.07, 6.45) is 3.19. The molecule has 0 aliphatic rings. The summed E-state index contributed by atoms with van der Waals surface area (Å²) in [7, 11) is 1.59. The van der Waals surface area contributed by atoms with Crippen LogP contribution in [0.25, 0.3) is 33.2 Å². The van der Waals surface area contributed by atoms with E-state index in [1.807, 2.05) is 54.6 Å². The van der Waals surface area contributed by atoms with Gasteiger partial charge in [0.25, 0.3) is 0 Å². The SMILES string of the molecule is COc1ccc(-c2nc(C(=O)O)c(-c3ccccc3)c3cnncc23)cc1. The number of fused-ring (bicyclic) bond motifs is 1. The van der Waals surface area contributed by atoms with E-state index in [1.54, 1.807) is 19.5 Å². The molecule has 0 fully saturated rings. The van der Waals surface area contributed by atoms with Gasteiger partial charge >= 0.3 is 5.97 Å². The lowest BCUT2D eigenvalue weighted by Gasteiger charge is -2.14. The first-order chi connectivity index (χ1) is 13.2. The summed E-state index contributed by atoms with van der Waals surface area (Å²) >= 11 is 0. The van der Waals surface area contributed by atoms with Crippen LogP contribution in [0.15, 0.2) is 67.0 Å². The molecule has 4 rings (SSSR count). The van der Waals surface area contributed by atoms with Gasteiger partial charge < -0.3 is 9.84 Å². The number of carbonyl (C=O) groups is 1. The van der Waals surface area contributed by atoms with Crippen LogP contribution in [0.1, 0.15) is 10.5 Å².